The summed E-state index contributed by atoms with van der Waals surface area (Å²) in [5.74, 6) is -0.636. The van der Waals surface area contributed by atoms with Crippen molar-refractivity contribution >= 4 is 27.5 Å². The van der Waals surface area contributed by atoms with Crippen LogP contribution < -0.4 is 9.62 Å². The standard InChI is InChI=1S/C28H41N3O4S/c1-9-24(27(33)29-28(5,6)7)30(18-22-15-11-10-14-21(22)4)26(32)19-31(36(8,34)35)25-17-13-12-16-23(25)20(2)3/h10-17,20,24H,9,18-19H2,1-8H3,(H,29,33). The van der Waals surface area contributed by atoms with Crippen molar-refractivity contribution in [2.24, 2.45) is 0 Å². The van der Waals surface area contributed by atoms with Gasteiger partial charge in [0, 0.05) is 12.1 Å². The van der Waals surface area contributed by atoms with Crippen molar-refractivity contribution in [3.63, 3.8) is 0 Å². The third-order valence-corrected chi connectivity index (χ3v) is 7.12. The Hall–Kier alpha value is -2.87. The van der Waals surface area contributed by atoms with Gasteiger partial charge in [0.2, 0.25) is 21.8 Å². The lowest BCUT2D eigenvalue weighted by molar-refractivity contribution is -0.141. The normalized spacial score (nSPS) is 12.8. The molecule has 0 fully saturated rings. The molecule has 2 amide bonds. The van der Waals surface area contributed by atoms with Crippen LogP contribution in [0, 0.1) is 6.92 Å². The van der Waals surface area contributed by atoms with Crippen LogP contribution in [0.15, 0.2) is 48.5 Å². The molecule has 8 heteroatoms. The Balaban J connectivity index is 2.54. The first-order valence-corrected chi connectivity index (χ1v) is 14.2. The van der Waals surface area contributed by atoms with Gasteiger partial charge in [-0.05, 0) is 62.8 Å². The molecule has 1 N–H and O–H groups in total. The molecule has 0 aliphatic rings. The molecule has 2 aromatic carbocycles. The van der Waals surface area contributed by atoms with Crippen molar-refractivity contribution in [2.45, 2.75) is 78.9 Å². The summed E-state index contributed by atoms with van der Waals surface area (Å²) < 4.78 is 27.0. The van der Waals surface area contributed by atoms with Gasteiger partial charge in [-0.1, -0.05) is 63.2 Å². The van der Waals surface area contributed by atoms with Gasteiger partial charge in [-0.3, -0.25) is 13.9 Å². The zero-order chi connectivity index (χ0) is 27.3. The highest BCUT2D eigenvalue weighted by molar-refractivity contribution is 7.92. The molecule has 0 aliphatic carbocycles. The fourth-order valence-corrected chi connectivity index (χ4v) is 5.01. The van der Waals surface area contributed by atoms with E-state index in [0.29, 0.717) is 12.1 Å². The van der Waals surface area contributed by atoms with Crippen molar-refractivity contribution in [2.75, 3.05) is 17.1 Å². The number of sulfonamides is 1. The highest BCUT2D eigenvalue weighted by Crippen LogP contribution is 2.29. The summed E-state index contributed by atoms with van der Waals surface area (Å²) in [6.45, 7) is 13.2. The Bertz CT molecular complexity index is 1170. The molecule has 1 unspecified atom stereocenters. The van der Waals surface area contributed by atoms with Crippen LogP contribution in [0.3, 0.4) is 0 Å². The van der Waals surface area contributed by atoms with Gasteiger partial charge in [-0.25, -0.2) is 8.42 Å². The number of nitrogens with zero attached hydrogens (tertiary/aromatic N) is 2. The van der Waals surface area contributed by atoms with Gasteiger partial charge in [-0.15, -0.1) is 0 Å². The SMILES string of the molecule is CCC(C(=O)NC(C)(C)C)N(Cc1ccccc1C)C(=O)CN(c1ccccc1C(C)C)S(C)(=O)=O. The maximum absolute atomic E-state index is 13.9. The number of nitrogens with one attached hydrogen (secondary N) is 1. The molecular formula is C28H41N3O4S. The molecule has 0 radical (unpaired) electrons. The number of benzene rings is 2. The number of rotatable bonds is 10. The first kappa shape index (κ1) is 29.4. The number of hydrogen-bond acceptors (Lipinski definition) is 4. The second kappa shape index (κ2) is 11.9. The lowest BCUT2D eigenvalue weighted by atomic mass is 10.0. The van der Waals surface area contributed by atoms with Gasteiger partial charge in [0.15, 0.2) is 0 Å². The molecule has 0 spiro atoms. The summed E-state index contributed by atoms with van der Waals surface area (Å²) in [6, 6.07) is 14.2. The topological polar surface area (TPSA) is 86.8 Å². The molecule has 2 aromatic rings. The molecule has 2 rings (SSSR count). The molecule has 198 valence electrons. The van der Waals surface area contributed by atoms with E-state index in [0.717, 1.165) is 27.3 Å². The summed E-state index contributed by atoms with van der Waals surface area (Å²) in [5.41, 5.74) is 2.73. The fourth-order valence-electron chi connectivity index (χ4n) is 4.14. The average molecular weight is 516 g/mol. The average Bonchev–Trinajstić information content (AvgIpc) is 2.76. The van der Waals surface area contributed by atoms with Gasteiger partial charge in [-0.2, -0.15) is 0 Å². The first-order chi connectivity index (χ1) is 16.7. The number of carbonyl (C=O) groups excluding carboxylic acids is 2. The van der Waals surface area contributed by atoms with Gasteiger partial charge in [0.05, 0.1) is 11.9 Å². The third-order valence-electron chi connectivity index (χ3n) is 5.99. The number of para-hydroxylation sites is 1. The highest BCUT2D eigenvalue weighted by atomic mass is 32.2. The van der Waals surface area contributed by atoms with Crippen LogP contribution in [-0.2, 0) is 26.2 Å². The Morgan fingerprint density at radius 1 is 1.00 bits per heavy atom. The molecular weight excluding hydrogens is 474 g/mol. The number of amides is 2. The number of aryl methyl sites for hydroxylation is 1. The molecule has 0 bridgehead atoms. The van der Waals surface area contributed by atoms with E-state index in [4.69, 9.17) is 0 Å². The minimum atomic E-state index is -3.78. The zero-order valence-corrected chi connectivity index (χ0v) is 23.6. The minimum absolute atomic E-state index is 0.0598. The van der Waals surface area contributed by atoms with Gasteiger partial charge in [0.1, 0.15) is 12.6 Å². The summed E-state index contributed by atoms with van der Waals surface area (Å²) >= 11 is 0. The van der Waals surface area contributed by atoms with E-state index in [2.05, 4.69) is 5.32 Å². The van der Waals surface area contributed by atoms with Crippen LogP contribution in [0.4, 0.5) is 5.69 Å². The zero-order valence-electron chi connectivity index (χ0n) is 22.8. The van der Waals surface area contributed by atoms with Gasteiger partial charge < -0.3 is 10.2 Å². The van der Waals surface area contributed by atoms with Gasteiger partial charge in [0.25, 0.3) is 0 Å². The maximum atomic E-state index is 13.9. The fraction of sp³-hybridized carbons (Fsp3) is 0.500. The van der Waals surface area contributed by atoms with E-state index < -0.39 is 34.1 Å². The van der Waals surface area contributed by atoms with Crippen LogP contribution in [0.1, 0.15) is 70.6 Å². The monoisotopic (exact) mass is 515 g/mol. The quantitative estimate of drug-likeness (QED) is 0.501. The second-order valence-electron chi connectivity index (χ2n) is 10.6. The van der Waals surface area contributed by atoms with Crippen molar-refractivity contribution in [1.29, 1.82) is 0 Å². The first-order valence-electron chi connectivity index (χ1n) is 12.4. The largest absolute Gasteiger partial charge is 0.350 e. The summed E-state index contributed by atoms with van der Waals surface area (Å²) in [7, 11) is -3.78. The summed E-state index contributed by atoms with van der Waals surface area (Å²) in [5, 5.41) is 2.98. The number of hydrogen-bond donors (Lipinski definition) is 1. The second-order valence-corrected chi connectivity index (χ2v) is 12.5. The predicted octanol–water partition coefficient (Wildman–Crippen LogP) is 4.61. The number of anilines is 1. The van der Waals surface area contributed by atoms with Crippen LogP contribution in [-0.4, -0.2) is 49.5 Å². The Labute approximate surface area is 216 Å². The lowest BCUT2D eigenvalue weighted by Crippen LogP contribution is -2.55. The van der Waals surface area contributed by atoms with E-state index in [1.54, 1.807) is 12.1 Å². The van der Waals surface area contributed by atoms with E-state index in [1.807, 2.05) is 84.9 Å². The van der Waals surface area contributed by atoms with Crippen LogP contribution in [0.25, 0.3) is 0 Å². The predicted molar refractivity (Wildman–Crippen MR) is 146 cm³/mol. The van der Waals surface area contributed by atoms with Crippen LogP contribution >= 0.6 is 0 Å². The van der Waals surface area contributed by atoms with Crippen molar-refractivity contribution in [3.05, 3.63) is 65.2 Å². The molecule has 0 saturated heterocycles. The molecule has 0 heterocycles. The van der Waals surface area contributed by atoms with E-state index in [1.165, 1.54) is 4.90 Å². The Morgan fingerprint density at radius 2 is 1.58 bits per heavy atom. The van der Waals surface area contributed by atoms with Gasteiger partial charge >= 0.3 is 0 Å². The summed E-state index contributed by atoms with van der Waals surface area (Å²) in [4.78, 5) is 28.7. The Morgan fingerprint density at radius 3 is 2.11 bits per heavy atom. The molecule has 0 aliphatic heterocycles. The minimum Gasteiger partial charge on any atom is -0.350 e. The Kier molecular flexibility index (Phi) is 9.71. The van der Waals surface area contributed by atoms with Crippen molar-refractivity contribution < 1.29 is 18.0 Å². The smallest absolute Gasteiger partial charge is 0.244 e. The van der Waals surface area contributed by atoms with Crippen LogP contribution in [0.5, 0.6) is 0 Å². The molecule has 0 saturated carbocycles. The number of carbonyl (C=O) groups is 2. The van der Waals surface area contributed by atoms with Crippen molar-refractivity contribution in [3.8, 4) is 0 Å². The molecule has 7 nitrogen and oxygen atoms in total. The molecule has 36 heavy (non-hydrogen) atoms. The van der Waals surface area contributed by atoms with E-state index in [-0.39, 0.29) is 18.4 Å². The molecule has 1 atom stereocenters. The van der Waals surface area contributed by atoms with E-state index in [9.17, 15) is 18.0 Å². The van der Waals surface area contributed by atoms with E-state index >= 15 is 0 Å². The van der Waals surface area contributed by atoms with Crippen LogP contribution in [0.2, 0.25) is 0 Å². The lowest BCUT2D eigenvalue weighted by Gasteiger charge is -2.35. The molecule has 0 aromatic heterocycles. The third kappa shape index (κ3) is 7.82. The van der Waals surface area contributed by atoms with Crippen molar-refractivity contribution in [1.82, 2.24) is 10.2 Å². The maximum Gasteiger partial charge on any atom is 0.244 e. The summed E-state index contributed by atoms with van der Waals surface area (Å²) in [6.07, 6.45) is 1.49. The highest BCUT2D eigenvalue weighted by Gasteiger charge is 2.33.